The Morgan fingerprint density at radius 1 is 1.58 bits per heavy atom. The lowest BCUT2D eigenvalue weighted by Crippen LogP contribution is -2.36. The van der Waals surface area contributed by atoms with Crippen molar-refractivity contribution in [1.29, 1.82) is 0 Å². The number of carbonyl (C=O) groups is 1. The lowest BCUT2D eigenvalue weighted by Gasteiger charge is -2.18. The molecule has 0 saturated heterocycles. The van der Waals surface area contributed by atoms with Gasteiger partial charge in [0.2, 0.25) is 0 Å². The number of halogens is 1. The zero-order valence-electron chi connectivity index (χ0n) is 10.9. The Hall–Kier alpha value is -2.06. The Labute approximate surface area is 112 Å². The molecule has 0 heterocycles. The predicted octanol–water partition coefficient (Wildman–Crippen LogP) is 1.36. The summed E-state index contributed by atoms with van der Waals surface area (Å²) in [5.74, 6) is 1.95. The first-order valence-electron chi connectivity index (χ1n) is 5.88. The third-order valence-corrected chi connectivity index (χ3v) is 2.50. The number of hydrogen-bond donors (Lipinski definition) is 2. The van der Waals surface area contributed by atoms with Gasteiger partial charge in [0, 0.05) is 11.6 Å². The van der Waals surface area contributed by atoms with Crippen LogP contribution in [0.3, 0.4) is 0 Å². The van der Waals surface area contributed by atoms with Crippen LogP contribution in [0, 0.1) is 18.2 Å². The quantitative estimate of drug-likeness (QED) is 0.789. The maximum atomic E-state index is 13.2. The first-order chi connectivity index (χ1) is 8.95. The van der Waals surface area contributed by atoms with Gasteiger partial charge in [-0.25, -0.2) is 4.39 Å². The van der Waals surface area contributed by atoms with Crippen molar-refractivity contribution in [3.05, 3.63) is 29.6 Å². The molecular formula is C14H17FN2O2. The number of hydrogen-bond acceptors (Lipinski definition) is 3. The van der Waals surface area contributed by atoms with E-state index in [4.69, 9.17) is 16.9 Å². The summed E-state index contributed by atoms with van der Waals surface area (Å²) in [5, 5.41) is 2.51. The summed E-state index contributed by atoms with van der Waals surface area (Å²) in [4.78, 5) is 11.6. The third kappa shape index (κ3) is 4.27. The van der Waals surface area contributed by atoms with Crippen LogP contribution in [0.25, 0.3) is 0 Å². The smallest absolute Gasteiger partial charge is 0.261 e. The molecule has 102 valence electrons. The number of terminal acetylenes is 1. The number of rotatable bonds is 5. The molecule has 0 aromatic heterocycles. The van der Waals surface area contributed by atoms with Gasteiger partial charge in [0.25, 0.3) is 5.91 Å². The molecule has 19 heavy (non-hydrogen) atoms. The second kappa shape index (κ2) is 6.76. The zero-order valence-corrected chi connectivity index (χ0v) is 10.9. The van der Waals surface area contributed by atoms with Gasteiger partial charge in [-0.05, 0) is 32.0 Å². The number of nitrogens with one attached hydrogen (secondary N) is 1. The van der Waals surface area contributed by atoms with E-state index < -0.39 is 18.0 Å². The van der Waals surface area contributed by atoms with Gasteiger partial charge in [-0.15, -0.1) is 6.42 Å². The molecule has 0 bridgehead atoms. The summed E-state index contributed by atoms with van der Waals surface area (Å²) >= 11 is 0. The topological polar surface area (TPSA) is 64.3 Å². The highest BCUT2D eigenvalue weighted by atomic mass is 19.1. The van der Waals surface area contributed by atoms with Crippen molar-refractivity contribution >= 4 is 5.91 Å². The van der Waals surface area contributed by atoms with Crippen LogP contribution in [0.15, 0.2) is 18.2 Å². The Bertz CT molecular complexity index is 495. The van der Waals surface area contributed by atoms with Crippen LogP contribution in [0.2, 0.25) is 0 Å². The van der Waals surface area contributed by atoms with Crippen molar-refractivity contribution in [3.8, 4) is 18.1 Å². The summed E-state index contributed by atoms with van der Waals surface area (Å²) in [6.07, 6.45) is 4.31. The summed E-state index contributed by atoms with van der Waals surface area (Å²) in [6.45, 7) is 3.43. The van der Waals surface area contributed by atoms with Crippen molar-refractivity contribution in [1.82, 2.24) is 5.32 Å². The minimum atomic E-state index is -0.740. The third-order valence-electron chi connectivity index (χ3n) is 2.50. The predicted molar refractivity (Wildman–Crippen MR) is 70.9 cm³/mol. The molecule has 1 unspecified atom stereocenters. The summed E-state index contributed by atoms with van der Waals surface area (Å²) in [7, 11) is 0. The molecule has 3 N–H and O–H groups in total. The van der Waals surface area contributed by atoms with E-state index in [-0.39, 0.29) is 12.5 Å². The summed E-state index contributed by atoms with van der Waals surface area (Å²) in [5.41, 5.74) is 6.25. The van der Waals surface area contributed by atoms with E-state index in [1.165, 1.54) is 18.2 Å². The maximum Gasteiger partial charge on any atom is 0.261 e. The van der Waals surface area contributed by atoms with E-state index in [0.29, 0.717) is 11.3 Å². The fourth-order valence-corrected chi connectivity index (χ4v) is 1.51. The van der Waals surface area contributed by atoms with Crippen LogP contribution in [-0.2, 0) is 4.79 Å². The van der Waals surface area contributed by atoms with E-state index in [0.717, 1.165) is 0 Å². The molecule has 0 fully saturated rings. The van der Waals surface area contributed by atoms with E-state index in [2.05, 4.69) is 11.2 Å². The fourth-order valence-electron chi connectivity index (χ4n) is 1.51. The van der Waals surface area contributed by atoms with Crippen LogP contribution >= 0.6 is 0 Å². The second-order valence-corrected chi connectivity index (χ2v) is 4.15. The van der Waals surface area contributed by atoms with E-state index in [9.17, 15) is 9.18 Å². The zero-order chi connectivity index (χ0) is 14.4. The molecule has 0 aliphatic carbocycles. The van der Waals surface area contributed by atoms with Gasteiger partial charge in [-0.3, -0.25) is 4.79 Å². The first kappa shape index (κ1) is 15.0. The minimum absolute atomic E-state index is 0.135. The Kier molecular flexibility index (Phi) is 5.34. The first-order valence-corrected chi connectivity index (χ1v) is 5.88. The van der Waals surface area contributed by atoms with Gasteiger partial charge in [-0.1, -0.05) is 5.92 Å². The Morgan fingerprint density at radius 2 is 2.26 bits per heavy atom. The van der Waals surface area contributed by atoms with Crippen molar-refractivity contribution in [2.24, 2.45) is 5.73 Å². The molecule has 1 aromatic rings. The lowest BCUT2D eigenvalue weighted by molar-refractivity contribution is -0.127. The molecule has 1 amide bonds. The van der Waals surface area contributed by atoms with Crippen LogP contribution in [0.1, 0.15) is 25.5 Å². The van der Waals surface area contributed by atoms with Gasteiger partial charge in [-0.2, -0.15) is 0 Å². The van der Waals surface area contributed by atoms with Crippen LogP contribution in [0.5, 0.6) is 5.75 Å². The molecule has 0 saturated carbocycles. The van der Waals surface area contributed by atoms with Gasteiger partial charge in [0.15, 0.2) is 6.10 Å². The van der Waals surface area contributed by atoms with Crippen molar-refractivity contribution in [2.45, 2.75) is 26.0 Å². The second-order valence-electron chi connectivity index (χ2n) is 4.15. The number of amides is 1. The van der Waals surface area contributed by atoms with Crippen molar-refractivity contribution < 1.29 is 13.9 Å². The highest BCUT2D eigenvalue weighted by molar-refractivity contribution is 5.80. The molecule has 1 aromatic carbocycles. The molecule has 0 aliphatic heterocycles. The van der Waals surface area contributed by atoms with E-state index >= 15 is 0 Å². The molecule has 0 aliphatic rings. The molecule has 4 nitrogen and oxygen atoms in total. The van der Waals surface area contributed by atoms with Gasteiger partial charge in [0.1, 0.15) is 11.6 Å². The molecule has 5 heteroatoms. The number of ether oxygens (including phenoxy) is 1. The number of carbonyl (C=O) groups excluding carboxylic acids is 1. The summed E-state index contributed by atoms with van der Waals surface area (Å²) < 4.78 is 18.7. The molecule has 2 atom stereocenters. The van der Waals surface area contributed by atoms with Crippen LogP contribution < -0.4 is 15.8 Å². The minimum Gasteiger partial charge on any atom is -0.481 e. The highest BCUT2D eigenvalue weighted by Gasteiger charge is 2.17. The molecule has 0 spiro atoms. The average molecular weight is 264 g/mol. The Balaban J connectivity index is 2.82. The van der Waals surface area contributed by atoms with Crippen LogP contribution in [-0.4, -0.2) is 18.6 Å². The van der Waals surface area contributed by atoms with Crippen molar-refractivity contribution in [3.63, 3.8) is 0 Å². The van der Waals surface area contributed by atoms with Gasteiger partial charge < -0.3 is 15.8 Å². The van der Waals surface area contributed by atoms with Crippen molar-refractivity contribution in [2.75, 3.05) is 6.54 Å². The average Bonchev–Trinajstić information content (AvgIpc) is 2.37. The molecular weight excluding hydrogens is 247 g/mol. The largest absolute Gasteiger partial charge is 0.481 e. The Morgan fingerprint density at radius 3 is 2.84 bits per heavy atom. The molecule has 0 radical (unpaired) electrons. The number of nitrogens with two attached hydrogens (primary N) is 1. The summed E-state index contributed by atoms with van der Waals surface area (Å²) in [6, 6.07) is 3.62. The highest BCUT2D eigenvalue weighted by Crippen LogP contribution is 2.25. The van der Waals surface area contributed by atoms with Gasteiger partial charge >= 0.3 is 0 Å². The van der Waals surface area contributed by atoms with E-state index in [1.54, 1.807) is 13.8 Å². The number of benzene rings is 1. The standard InChI is InChI=1S/C14H17FN2O2/c1-4-7-17-14(18)10(3)19-13-6-5-11(15)8-12(13)9(2)16/h1,5-6,8-10H,7,16H2,2-3H3,(H,17,18)/t9-,10?/m1/s1. The fraction of sp³-hybridized carbons (Fsp3) is 0.357. The maximum absolute atomic E-state index is 13.2. The SMILES string of the molecule is C#CCNC(=O)C(C)Oc1ccc(F)cc1[C@@H](C)N. The normalized spacial score (nSPS) is 13.2. The van der Waals surface area contributed by atoms with E-state index in [1.807, 2.05) is 0 Å². The van der Waals surface area contributed by atoms with Crippen LogP contribution in [0.4, 0.5) is 4.39 Å². The monoisotopic (exact) mass is 264 g/mol. The lowest BCUT2D eigenvalue weighted by atomic mass is 10.1. The molecule has 1 rings (SSSR count). The van der Waals surface area contributed by atoms with Gasteiger partial charge in [0.05, 0.1) is 6.54 Å².